The Morgan fingerprint density at radius 3 is 2.67 bits per heavy atom. The van der Waals surface area contributed by atoms with E-state index < -0.39 is 23.6 Å². The number of aromatic nitrogens is 1. The number of anilines is 1. The van der Waals surface area contributed by atoms with Crippen LogP contribution in [0.3, 0.4) is 0 Å². The predicted molar refractivity (Wildman–Crippen MR) is 106 cm³/mol. The standard InChI is InChI=1S/C21H22F2N4O3/c1-12(20(29)25-15-5-6-16(22)17(23)8-15)24-21(30)26-9-13-7-14(11-26)18-3-2-4-19(28)27(18)10-13/h2-6,8,12-14H,7,9-11H2,1H3,(H,24,30)(H,25,29)/t12-,13?,14?/m0/s1. The molecule has 3 atom stereocenters. The van der Waals surface area contributed by atoms with Crippen LogP contribution < -0.4 is 16.2 Å². The van der Waals surface area contributed by atoms with Crippen LogP contribution in [-0.4, -0.2) is 40.5 Å². The van der Waals surface area contributed by atoms with E-state index in [9.17, 15) is 23.2 Å². The van der Waals surface area contributed by atoms with Crippen molar-refractivity contribution in [3.05, 3.63) is 64.1 Å². The Labute approximate surface area is 171 Å². The molecule has 0 radical (unpaired) electrons. The number of fused-ring (bicyclic) bond motifs is 4. The van der Waals surface area contributed by atoms with E-state index in [2.05, 4.69) is 10.6 Å². The van der Waals surface area contributed by atoms with Crippen molar-refractivity contribution in [1.82, 2.24) is 14.8 Å². The summed E-state index contributed by atoms with van der Waals surface area (Å²) in [6.45, 7) is 3.05. The fraction of sp³-hybridized carbons (Fsp3) is 0.381. The summed E-state index contributed by atoms with van der Waals surface area (Å²) in [6.07, 6.45) is 0.916. The van der Waals surface area contributed by atoms with Crippen LogP contribution in [-0.2, 0) is 11.3 Å². The average Bonchev–Trinajstić information content (AvgIpc) is 2.71. The summed E-state index contributed by atoms with van der Waals surface area (Å²) in [4.78, 5) is 38.8. The minimum atomic E-state index is -1.07. The van der Waals surface area contributed by atoms with E-state index in [1.165, 1.54) is 13.0 Å². The van der Waals surface area contributed by atoms with Crippen LogP contribution in [0.15, 0.2) is 41.2 Å². The van der Waals surface area contributed by atoms with Gasteiger partial charge in [-0.1, -0.05) is 6.07 Å². The average molecular weight is 416 g/mol. The quantitative estimate of drug-likeness (QED) is 0.805. The second-order valence-electron chi connectivity index (χ2n) is 7.89. The normalized spacial score (nSPS) is 20.8. The first-order chi connectivity index (χ1) is 14.3. The summed E-state index contributed by atoms with van der Waals surface area (Å²) >= 11 is 0. The maximum absolute atomic E-state index is 13.3. The summed E-state index contributed by atoms with van der Waals surface area (Å²) in [5, 5.41) is 5.12. The minimum Gasteiger partial charge on any atom is -0.326 e. The number of nitrogens with one attached hydrogen (secondary N) is 2. The van der Waals surface area contributed by atoms with E-state index in [-0.39, 0.29) is 29.1 Å². The topological polar surface area (TPSA) is 83.4 Å². The zero-order chi connectivity index (χ0) is 21.4. The van der Waals surface area contributed by atoms with Crippen LogP contribution in [0.5, 0.6) is 0 Å². The third-order valence-electron chi connectivity index (χ3n) is 5.69. The molecule has 0 spiro atoms. The summed E-state index contributed by atoms with van der Waals surface area (Å²) in [5.74, 6) is -2.36. The summed E-state index contributed by atoms with van der Waals surface area (Å²) in [5.41, 5.74) is 1.01. The number of hydrogen-bond donors (Lipinski definition) is 2. The largest absolute Gasteiger partial charge is 0.326 e. The lowest BCUT2D eigenvalue weighted by Crippen LogP contribution is -2.54. The molecule has 2 aliphatic rings. The molecule has 2 unspecified atom stereocenters. The number of benzene rings is 1. The number of halogens is 2. The third kappa shape index (κ3) is 3.92. The highest BCUT2D eigenvalue weighted by Gasteiger charge is 2.36. The minimum absolute atomic E-state index is 0.0253. The number of pyridine rings is 1. The van der Waals surface area contributed by atoms with E-state index in [1.54, 1.807) is 21.6 Å². The first-order valence-corrected chi connectivity index (χ1v) is 9.83. The molecule has 1 saturated heterocycles. The van der Waals surface area contributed by atoms with Gasteiger partial charge in [-0.15, -0.1) is 0 Å². The summed E-state index contributed by atoms with van der Waals surface area (Å²) in [7, 11) is 0. The predicted octanol–water partition coefficient (Wildman–Crippen LogP) is 2.28. The fourth-order valence-corrected chi connectivity index (χ4v) is 4.23. The van der Waals surface area contributed by atoms with Crippen LogP contribution in [0.4, 0.5) is 19.3 Å². The maximum atomic E-state index is 13.3. The molecule has 9 heteroatoms. The lowest BCUT2D eigenvalue weighted by molar-refractivity contribution is -0.117. The number of hydrogen-bond acceptors (Lipinski definition) is 3. The van der Waals surface area contributed by atoms with Gasteiger partial charge in [0.05, 0.1) is 0 Å². The van der Waals surface area contributed by atoms with Crippen molar-refractivity contribution < 1.29 is 18.4 Å². The molecule has 2 aromatic rings. The number of nitrogens with zero attached hydrogens (tertiary/aromatic N) is 2. The molecule has 3 amide bonds. The Bertz CT molecular complexity index is 1050. The van der Waals surface area contributed by atoms with E-state index >= 15 is 0 Å². The Hall–Kier alpha value is -3.23. The van der Waals surface area contributed by atoms with Gasteiger partial charge in [0.25, 0.3) is 5.56 Å². The number of urea groups is 1. The lowest BCUT2D eigenvalue weighted by atomic mass is 9.83. The Balaban J connectivity index is 1.39. The van der Waals surface area contributed by atoms with Gasteiger partial charge in [0.2, 0.25) is 5.91 Å². The van der Waals surface area contributed by atoms with Crippen LogP contribution in [0.25, 0.3) is 0 Å². The fourth-order valence-electron chi connectivity index (χ4n) is 4.23. The number of rotatable bonds is 3. The zero-order valence-electron chi connectivity index (χ0n) is 16.4. The van der Waals surface area contributed by atoms with Gasteiger partial charge in [-0.05, 0) is 37.5 Å². The zero-order valence-corrected chi connectivity index (χ0v) is 16.4. The van der Waals surface area contributed by atoms with E-state index in [0.29, 0.717) is 19.6 Å². The molecule has 0 saturated carbocycles. The molecule has 158 valence electrons. The van der Waals surface area contributed by atoms with Gasteiger partial charge < -0.3 is 20.1 Å². The van der Waals surface area contributed by atoms with Gasteiger partial charge in [-0.25, -0.2) is 13.6 Å². The van der Waals surface area contributed by atoms with Gasteiger partial charge >= 0.3 is 6.03 Å². The highest BCUT2D eigenvalue weighted by atomic mass is 19.2. The highest BCUT2D eigenvalue weighted by Crippen LogP contribution is 2.34. The van der Waals surface area contributed by atoms with E-state index in [1.807, 2.05) is 6.07 Å². The van der Waals surface area contributed by atoms with Crippen LogP contribution >= 0.6 is 0 Å². The SMILES string of the molecule is C[C@H](NC(=O)N1CC2CC(C1)c1cccc(=O)n1C2)C(=O)Nc1ccc(F)c(F)c1. The smallest absolute Gasteiger partial charge is 0.318 e. The number of piperidine rings is 1. The van der Waals surface area contributed by atoms with Gasteiger partial charge in [-0.3, -0.25) is 9.59 Å². The van der Waals surface area contributed by atoms with Crippen LogP contribution in [0.1, 0.15) is 25.0 Å². The number of carbonyl (C=O) groups is 2. The van der Waals surface area contributed by atoms with Crippen molar-refractivity contribution in [2.75, 3.05) is 18.4 Å². The molecule has 7 nitrogen and oxygen atoms in total. The second kappa shape index (κ2) is 7.89. The first kappa shape index (κ1) is 20.1. The molecule has 2 bridgehead atoms. The number of likely N-dealkylation sites (tertiary alicyclic amines) is 1. The summed E-state index contributed by atoms with van der Waals surface area (Å²) < 4.78 is 28.1. The highest BCUT2D eigenvalue weighted by molar-refractivity contribution is 5.96. The molecule has 4 rings (SSSR count). The first-order valence-electron chi connectivity index (χ1n) is 9.83. The lowest BCUT2D eigenvalue weighted by Gasteiger charge is -2.42. The molecule has 1 aromatic heterocycles. The number of carbonyl (C=O) groups excluding carboxylic acids is 2. The third-order valence-corrected chi connectivity index (χ3v) is 5.69. The number of amides is 3. The second-order valence-corrected chi connectivity index (χ2v) is 7.89. The van der Waals surface area contributed by atoms with Crippen molar-refractivity contribution in [2.24, 2.45) is 5.92 Å². The van der Waals surface area contributed by atoms with Crippen LogP contribution in [0, 0.1) is 17.6 Å². The molecule has 30 heavy (non-hydrogen) atoms. The van der Waals surface area contributed by atoms with Crippen molar-refractivity contribution in [1.29, 1.82) is 0 Å². The van der Waals surface area contributed by atoms with Gasteiger partial charge in [0, 0.05) is 49.1 Å². The van der Waals surface area contributed by atoms with Crippen molar-refractivity contribution in [3.8, 4) is 0 Å². The molecule has 3 heterocycles. The van der Waals surface area contributed by atoms with E-state index in [0.717, 1.165) is 24.2 Å². The Morgan fingerprint density at radius 1 is 1.10 bits per heavy atom. The van der Waals surface area contributed by atoms with Crippen molar-refractivity contribution >= 4 is 17.6 Å². The molecule has 2 aliphatic heterocycles. The molecule has 0 aliphatic carbocycles. The van der Waals surface area contributed by atoms with Gasteiger partial charge in [-0.2, -0.15) is 0 Å². The maximum Gasteiger partial charge on any atom is 0.318 e. The van der Waals surface area contributed by atoms with Crippen molar-refractivity contribution in [3.63, 3.8) is 0 Å². The molecule has 1 fully saturated rings. The molecule has 1 aromatic carbocycles. The molecule has 2 N–H and O–H groups in total. The van der Waals surface area contributed by atoms with E-state index in [4.69, 9.17) is 0 Å². The van der Waals surface area contributed by atoms with Gasteiger partial charge in [0.15, 0.2) is 11.6 Å². The molecular formula is C21H22F2N4O3. The summed E-state index contributed by atoms with van der Waals surface area (Å²) in [6, 6.07) is 7.00. The van der Waals surface area contributed by atoms with Gasteiger partial charge in [0.1, 0.15) is 6.04 Å². The Morgan fingerprint density at radius 2 is 1.90 bits per heavy atom. The van der Waals surface area contributed by atoms with Crippen LogP contribution in [0.2, 0.25) is 0 Å². The monoisotopic (exact) mass is 416 g/mol. The van der Waals surface area contributed by atoms with Crippen molar-refractivity contribution in [2.45, 2.75) is 31.8 Å². The molecular weight excluding hydrogens is 394 g/mol. The Kier molecular flexibility index (Phi) is 5.27.